The molecule has 0 fully saturated rings. The van der Waals surface area contributed by atoms with Crippen molar-refractivity contribution in [1.82, 2.24) is 0 Å². The van der Waals surface area contributed by atoms with Crippen molar-refractivity contribution < 1.29 is 80.2 Å². The van der Waals surface area contributed by atoms with E-state index in [0.717, 1.165) is 96.3 Å². The number of rotatable bonds is 67. The van der Waals surface area contributed by atoms with E-state index >= 15 is 0 Å². The molecule has 0 heterocycles. The topological polar surface area (TPSA) is 237 Å². The van der Waals surface area contributed by atoms with E-state index < -0.39 is 97.5 Å². The van der Waals surface area contributed by atoms with Crippen molar-refractivity contribution in [2.45, 2.75) is 361 Å². The van der Waals surface area contributed by atoms with Gasteiger partial charge >= 0.3 is 39.5 Å². The first-order valence-corrected chi connectivity index (χ1v) is 37.8. The number of hydrogen-bond donors (Lipinski definition) is 3. The molecule has 17 nitrogen and oxygen atoms in total. The average Bonchev–Trinajstić information content (AvgIpc) is 3.50. The van der Waals surface area contributed by atoms with E-state index in [-0.39, 0.29) is 25.7 Å². The van der Waals surface area contributed by atoms with Gasteiger partial charge in [-0.15, -0.1) is 0 Å². The summed E-state index contributed by atoms with van der Waals surface area (Å²) in [6.07, 6.45) is 47.1. The molecule has 0 aromatic heterocycles. The predicted molar refractivity (Wildman–Crippen MR) is 340 cm³/mol. The second-order valence-corrected chi connectivity index (χ2v) is 26.8. The third kappa shape index (κ3) is 60.7. The smallest absolute Gasteiger partial charge is 0.462 e. The third-order valence-electron chi connectivity index (χ3n) is 15.4. The minimum absolute atomic E-state index is 0.106. The summed E-state index contributed by atoms with van der Waals surface area (Å²) in [4.78, 5) is 72.2. The Bertz CT molecular complexity index is 1640. The summed E-state index contributed by atoms with van der Waals surface area (Å²) in [5, 5.41) is 10.5. The summed E-state index contributed by atoms with van der Waals surface area (Å²) in [6, 6.07) is 0. The third-order valence-corrected chi connectivity index (χ3v) is 17.3. The monoisotopic (exact) mass is 1250 g/mol. The van der Waals surface area contributed by atoms with Crippen molar-refractivity contribution in [3.8, 4) is 0 Å². The van der Waals surface area contributed by atoms with Crippen molar-refractivity contribution in [2.24, 2.45) is 0 Å². The van der Waals surface area contributed by atoms with Gasteiger partial charge in [0.2, 0.25) is 0 Å². The molecule has 504 valence electrons. The van der Waals surface area contributed by atoms with Crippen molar-refractivity contribution in [3.63, 3.8) is 0 Å². The summed E-state index contributed by atoms with van der Waals surface area (Å²) in [6.45, 7) is 4.88. The number of phosphoric acid groups is 2. The fraction of sp³-hybridized carbons (Fsp3) is 0.939. The van der Waals surface area contributed by atoms with E-state index in [0.29, 0.717) is 25.7 Å². The molecule has 0 amide bonds. The Morgan fingerprint density at radius 3 is 0.694 bits per heavy atom. The standard InChI is InChI=1S/C66H128O17P2/c1-5-9-13-17-21-25-28-30-31-32-34-37-41-45-49-53-66(71)83-62(57-76-63(68)50-46-42-39-35-27-23-19-15-11-7-3)59-81-85(74,75)79-55-60(67)54-78-84(72,73)80-58-61(82-65(70)52-48-44-38-24-20-16-12-8-4)56-77-64(69)51-47-43-40-36-33-29-26-22-18-14-10-6-2/h60-62,67H,5-59H2,1-4H3,(H,72,73)(H,74,75)/t60-,61+,62+/m0/s1. The fourth-order valence-electron chi connectivity index (χ4n) is 9.99. The van der Waals surface area contributed by atoms with Crippen LogP contribution in [0.2, 0.25) is 0 Å². The van der Waals surface area contributed by atoms with E-state index in [9.17, 15) is 43.2 Å². The molecule has 0 aliphatic carbocycles. The zero-order valence-corrected chi connectivity index (χ0v) is 56.4. The predicted octanol–water partition coefficient (Wildman–Crippen LogP) is 18.7. The molecule has 0 aliphatic rings. The molecule has 3 N–H and O–H groups in total. The van der Waals surface area contributed by atoms with Crippen LogP contribution in [0.15, 0.2) is 0 Å². The summed E-state index contributed by atoms with van der Waals surface area (Å²) >= 11 is 0. The Kier molecular flexibility index (Phi) is 59.6. The second-order valence-electron chi connectivity index (χ2n) is 23.9. The lowest BCUT2D eigenvalue weighted by Gasteiger charge is -2.21. The van der Waals surface area contributed by atoms with Crippen LogP contribution in [0, 0.1) is 0 Å². The molecule has 19 heteroatoms. The zero-order chi connectivity index (χ0) is 62.6. The van der Waals surface area contributed by atoms with Gasteiger partial charge in [0, 0.05) is 25.7 Å². The molecule has 0 radical (unpaired) electrons. The van der Waals surface area contributed by atoms with E-state index in [1.54, 1.807) is 0 Å². The number of carbonyl (C=O) groups is 4. The van der Waals surface area contributed by atoms with Gasteiger partial charge in [0.25, 0.3) is 0 Å². The molecule has 0 saturated carbocycles. The largest absolute Gasteiger partial charge is 0.472 e. The summed E-state index contributed by atoms with van der Waals surface area (Å²) in [5.41, 5.74) is 0. The second kappa shape index (κ2) is 60.9. The van der Waals surface area contributed by atoms with Gasteiger partial charge in [-0.3, -0.25) is 37.3 Å². The molecule has 2 unspecified atom stereocenters. The van der Waals surface area contributed by atoms with Crippen molar-refractivity contribution >= 4 is 39.5 Å². The van der Waals surface area contributed by atoms with Crippen LogP contribution in [0.3, 0.4) is 0 Å². The van der Waals surface area contributed by atoms with Crippen LogP contribution in [0.25, 0.3) is 0 Å². The van der Waals surface area contributed by atoms with Crippen molar-refractivity contribution in [2.75, 3.05) is 39.6 Å². The molecule has 0 aromatic carbocycles. The van der Waals surface area contributed by atoms with E-state index in [4.69, 9.17) is 37.0 Å². The maximum absolute atomic E-state index is 13.0. The van der Waals surface area contributed by atoms with Crippen LogP contribution < -0.4 is 0 Å². The Labute approximate surface area is 517 Å². The highest BCUT2D eigenvalue weighted by Gasteiger charge is 2.30. The van der Waals surface area contributed by atoms with E-state index in [1.165, 1.54) is 167 Å². The highest BCUT2D eigenvalue weighted by molar-refractivity contribution is 7.47. The summed E-state index contributed by atoms with van der Waals surface area (Å²) < 4.78 is 68.0. The van der Waals surface area contributed by atoms with Gasteiger partial charge in [0.15, 0.2) is 12.2 Å². The van der Waals surface area contributed by atoms with E-state index in [1.807, 2.05) is 0 Å². The maximum Gasteiger partial charge on any atom is 0.472 e. The Morgan fingerprint density at radius 1 is 0.282 bits per heavy atom. The summed E-state index contributed by atoms with van der Waals surface area (Å²) in [7, 11) is -9.88. The zero-order valence-electron chi connectivity index (χ0n) is 54.6. The van der Waals surface area contributed by atoms with Crippen LogP contribution in [-0.4, -0.2) is 96.7 Å². The van der Waals surface area contributed by atoms with Gasteiger partial charge in [-0.25, -0.2) is 9.13 Å². The first-order chi connectivity index (χ1) is 41.2. The quantitative estimate of drug-likeness (QED) is 0.0222. The lowest BCUT2D eigenvalue weighted by Crippen LogP contribution is -2.30. The van der Waals surface area contributed by atoms with Gasteiger partial charge < -0.3 is 33.8 Å². The van der Waals surface area contributed by atoms with Gasteiger partial charge in [-0.05, 0) is 25.7 Å². The molecule has 85 heavy (non-hydrogen) atoms. The van der Waals surface area contributed by atoms with Gasteiger partial charge in [0.05, 0.1) is 26.4 Å². The molecular formula is C66H128O17P2. The minimum Gasteiger partial charge on any atom is -0.462 e. The number of hydrogen-bond acceptors (Lipinski definition) is 15. The van der Waals surface area contributed by atoms with Crippen molar-refractivity contribution in [1.29, 1.82) is 0 Å². The highest BCUT2D eigenvalue weighted by atomic mass is 31.2. The van der Waals surface area contributed by atoms with Crippen LogP contribution in [0.5, 0.6) is 0 Å². The first-order valence-electron chi connectivity index (χ1n) is 34.8. The number of esters is 4. The average molecular weight is 1260 g/mol. The molecule has 0 spiro atoms. The Morgan fingerprint density at radius 2 is 0.471 bits per heavy atom. The van der Waals surface area contributed by atoms with Gasteiger partial charge in [0.1, 0.15) is 19.3 Å². The number of unbranched alkanes of at least 4 members (excludes halogenated alkanes) is 41. The minimum atomic E-state index is -4.94. The van der Waals surface area contributed by atoms with Crippen LogP contribution in [0.1, 0.15) is 342 Å². The normalized spacial score (nSPS) is 14.1. The fourth-order valence-corrected chi connectivity index (χ4v) is 11.6. The molecule has 0 bridgehead atoms. The van der Waals surface area contributed by atoms with Gasteiger partial charge in [-0.1, -0.05) is 291 Å². The van der Waals surface area contributed by atoms with E-state index in [2.05, 4.69) is 27.7 Å². The van der Waals surface area contributed by atoms with Crippen LogP contribution in [-0.2, 0) is 65.4 Å². The van der Waals surface area contributed by atoms with Gasteiger partial charge in [-0.2, -0.15) is 0 Å². The highest BCUT2D eigenvalue weighted by Crippen LogP contribution is 2.45. The Hall–Kier alpha value is -1.94. The molecule has 0 aromatic rings. The van der Waals surface area contributed by atoms with Crippen LogP contribution in [0.4, 0.5) is 0 Å². The SMILES string of the molecule is CCCCCCCCCCCCCCCCCC(=O)O[C@H](COC(=O)CCCCCCCCCCCC)COP(=O)(O)OC[C@@H](O)COP(=O)(O)OC[C@@H](COC(=O)CCCCCCCCCCCCCC)OC(=O)CCCCCCCCCC. The number of aliphatic hydroxyl groups is 1. The summed E-state index contributed by atoms with van der Waals surface area (Å²) in [5.74, 6) is -2.13. The molecule has 0 aliphatic heterocycles. The first kappa shape index (κ1) is 83.1. The lowest BCUT2D eigenvalue weighted by molar-refractivity contribution is -0.161. The molecular weight excluding hydrogens is 1130 g/mol. The molecule has 5 atom stereocenters. The molecule has 0 saturated heterocycles. The lowest BCUT2D eigenvalue weighted by atomic mass is 10.0. The Balaban J connectivity index is 5.19. The van der Waals surface area contributed by atoms with Crippen LogP contribution >= 0.6 is 15.6 Å². The number of phosphoric ester groups is 2. The van der Waals surface area contributed by atoms with Crippen molar-refractivity contribution in [3.05, 3.63) is 0 Å². The maximum atomic E-state index is 13.0. The molecule has 0 rings (SSSR count). The number of ether oxygens (including phenoxy) is 4. The number of carbonyl (C=O) groups excluding carboxylic acids is 4. The number of aliphatic hydroxyl groups excluding tert-OH is 1.